The highest BCUT2D eigenvalue weighted by Crippen LogP contribution is 2.38. The Labute approximate surface area is 176 Å². The van der Waals surface area contributed by atoms with Crippen LogP contribution in [-0.4, -0.2) is 42.5 Å². The standard InChI is InChI=1S/C20H15Cl3N2O3/c1-25(2)17(26)10-28-20(27)13-9-16(24-15-6-4-3-5-11(13)15)12-7-8-14(21)19(23)18(12)22/h3-9H,10H2,1-2H3. The van der Waals surface area contributed by atoms with Gasteiger partial charge in [-0.3, -0.25) is 4.79 Å². The zero-order valence-electron chi connectivity index (χ0n) is 15.0. The van der Waals surface area contributed by atoms with Gasteiger partial charge in [0.15, 0.2) is 6.61 Å². The van der Waals surface area contributed by atoms with Gasteiger partial charge in [-0.15, -0.1) is 0 Å². The van der Waals surface area contributed by atoms with Gasteiger partial charge in [0.05, 0.1) is 31.8 Å². The van der Waals surface area contributed by atoms with Crippen LogP contribution in [0.15, 0.2) is 42.5 Å². The lowest BCUT2D eigenvalue weighted by Crippen LogP contribution is -2.27. The van der Waals surface area contributed by atoms with E-state index in [4.69, 9.17) is 39.5 Å². The van der Waals surface area contributed by atoms with E-state index >= 15 is 0 Å². The van der Waals surface area contributed by atoms with Crippen LogP contribution >= 0.6 is 34.8 Å². The molecule has 3 rings (SSSR count). The number of benzene rings is 2. The number of likely N-dealkylation sites (N-methyl/N-ethyl adjacent to an activating group) is 1. The van der Waals surface area contributed by atoms with E-state index in [2.05, 4.69) is 4.98 Å². The topological polar surface area (TPSA) is 59.5 Å². The van der Waals surface area contributed by atoms with Gasteiger partial charge >= 0.3 is 5.97 Å². The number of halogens is 3. The number of hydrogen-bond acceptors (Lipinski definition) is 4. The van der Waals surface area contributed by atoms with E-state index in [9.17, 15) is 9.59 Å². The fourth-order valence-corrected chi connectivity index (χ4v) is 3.17. The predicted molar refractivity (Wildman–Crippen MR) is 111 cm³/mol. The number of para-hydroxylation sites is 1. The molecule has 0 N–H and O–H groups in total. The van der Waals surface area contributed by atoms with Gasteiger partial charge in [-0.25, -0.2) is 9.78 Å². The van der Waals surface area contributed by atoms with Crippen LogP contribution in [0.25, 0.3) is 22.2 Å². The number of pyridine rings is 1. The number of carbonyl (C=O) groups is 2. The molecule has 0 unspecified atom stereocenters. The van der Waals surface area contributed by atoms with Crippen LogP contribution < -0.4 is 0 Å². The number of nitrogens with zero attached hydrogens (tertiary/aromatic N) is 2. The minimum absolute atomic E-state index is 0.205. The minimum Gasteiger partial charge on any atom is -0.452 e. The third-order valence-electron chi connectivity index (χ3n) is 4.07. The average molecular weight is 438 g/mol. The molecule has 5 nitrogen and oxygen atoms in total. The molecule has 0 spiro atoms. The Hall–Kier alpha value is -2.34. The highest BCUT2D eigenvalue weighted by atomic mass is 35.5. The lowest BCUT2D eigenvalue weighted by molar-refractivity contribution is -0.131. The number of fused-ring (bicyclic) bond motifs is 1. The Morgan fingerprint density at radius 3 is 2.46 bits per heavy atom. The zero-order chi connectivity index (χ0) is 20.4. The van der Waals surface area contributed by atoms with Crippen molar-refractivity contribution in [2.45, 2.75) is 0 Å². The summed E-state index contributed by atoms with van der Waals surface area (Å²) in [6, 6.07) is 12.0. The van der Waals surface area contributed by atoms with Gasteiger partial charge < -0.3 is 9.64 Å². The molecule has 0 saturated carbocycles. The van der Waals surface area contributed by atoms with E-state index in [0.29, 0.717) is 27.2 Å². The summed E-state index contributed by atoms with van der Waals surface area (Å²) < 4.78 is 5.19. The van der Waals surface area contributed by atoms with Gasteiger partial charge in [0, 0.05) is 25.0 Å². The Morgan fingerprint density at radius 1 is 1.04 bits per heavy atom. The SMILES string of the molecule is CN(C)C(=O)COC(=O)c1cc(-c2ccc(Cl)c(Cl)c2Cl)nc2ccccc12. The van der Waals surface area contributed by atoms with Gasteiger partial charge in [0.2, 0.25) is 0 Å². The molecule has 0 bridgehead atoms. The Morgan fingerprint density at radius 2 is 1.75 bits per heavy atom. The molecule has 144 valence electrons. The molecular weight excluding hydrogens is 423 g/mol. The number of aromatic nitrogens is 1. The van der Waals surface area contributed by atoms with Crippen molar-refractivity contribution < 1.29 is 14.3 Å². The summed E-state index contributed by atoms with van der Waals surface area (Å²) in [5.41, 5.74) is 1.82. The average Bonchev–Trinajstić information content (AvgIpc) is 2.69. The van der Waals surface area contributed by atoms with E-state index < -0.39 is 5.97 Å². The van der Waals surface area contributed by atoms with E-state index in [1.54, 1.807) is 56.6 Å². The third kappa shape index (κ3) is 4.07. The van der Waals surface area contributed by atoms with Crippen molar-refractivity contribution in [2.24, 2.45) is 0 Å². The molecule has 1 aromatic heterocycles. The molecule has 2 aromatic carbocycles. The molecule has 8 heteroatoms. The summed E-state index contributed by atoms with van der Waals surface area (Å²) in [5, 5.41) is 1.36. The summed E-state index contributed by atoms with van der Waals surface area (Å²) in [5.74, 6) is -0.953. The van der Waals surface area contributed by atoms with Crippen LogP contribution in [0.1, 0.15) is 10.4 Å². The summed E-state index contributed by atoms with van der Waals surface area (Å²) >= 11 is 18.5. The van der Waals surface area contributed by atoms with Crippen LogP contribution in [0.5, 0.6) is 0 Å². The van der Waals surface area contributed by atoms with Crippen LogP contribution in [-0.2, 0) is 9.53 Å². The number of carbonyl (C=O) groups excluding carboxylic acids is 2. The van der Waals surface area contributed by atoms with Gasteiger partial charge in [0.1, 0.15) is 0 Å². The number of hydrogen-bond donors (Lipinski definition) is 0. The zero-order valence-corrected chi connectivity index (χ0v) is 17.3. The Kier molecular flexibility index (Phi) is 6.08. The van der Waals surface area contributed by atoms with Crippen molar-refractivity contribution in [3.05, 3.63) is 63.1 Å². The molecule has 0 aliphatic carbocycles. The fourth-order valence-electron chi connectivity index (χ4n) is 2.54. The van der Waals surface area contributed by atoms with E-state index in [-0.39, 0.29) is 28.1 Å². The molecule has 1 heterocycles. The molecule has 0 aliphatic heterocycles. The molecular formula is C20H15Cl3N2O3. The van der Waals surface area contributed by atoms with Crippen molar-refractivity contribution in [2.75, 3.05) is 20.7 Å². The first-order valence-corrected chi connectivity index (χ1v) is 9.34. The number of ether oxygens (including phenoxy) is 1. The summed E-state index contributed by atoms with van der Waals surface area (Å²) in [6.07, 6.45) is 0. The highest BCUT2D eigenvalue weighted by Gasteiger charge is 2.19. The fraction of sp³-hybridized carbons (Fsp3) is 0.150. The summed E-state index contributed by atoms with van der Waals surface area (Å²) in [7, 11) is 3.17. The molecule has 0 atom stereocenters. The van der Waals surface area contributed by atoms with E-state index in [0.717, 1.165) is 0 Å². The lowest BCUT2D eigenvalue weighted by atomic mass is 10.0. The first-order valence-electron chi connectivity index (χ1n) is 8.20. The lowest BCUT2D eigenvalue weighted by Gasteiger charge is -2.13. The second kappa shape index (κ2) is 8.35. The number of rotatable bonds is 4. The second-order valence-electron chi connectivity index (χ2n) is 6.16. The van der Waals surface area contributed by atoms with Crippen LogP contribution in [0, 0.1) is 0 Å². The number of amides is 1. The maximum atomic E-state index is 12.7. The van der Waals surface area contributed by atoms with Crippen molar-refractivity contribution in [3.63, 3.8) is 0 Å². The normalized spacial score (nSPS) is 10.8. The monoisotopic (exact) mass is 436 g/mol. The molecule has 0 fully saturated rings. The smallest absolute Gasteiger partial charge is 0.339 e. The molecule has 0 saturated heterocycles. The summed E-state index contributed by atoms with van der Waals surface area (Å²) in [4.78, 5) is 30.3. The Balaban J connectivity index is 2.09. The number of esters is 1. The van der Waals surface area contributed by atoms with E-state index in [1.165, 1.54) is 4.90 Å². The van der Waals surface area contributed by atoms with Crippen molar-refractivity contribution in [3.8, 4) is 11.3 Å². The Bertz CT molecular complexity index is 1080. The minimum atomic E-state index is -0.633. The first-order chi connectivity index (χ1) is 13.3. The third-order valence-corrected chi connectivity index (χ3v) is 5.37. The van der Waals surface area contributed by atoms with Crippen molar-refractivity contribution >= 4 is 57.6 Å². The molecule has 3 aromatic rings. The summed E-state index contributed by atoms with van der Waals surface area (Å²) in [6.45, 7) is -0.356. The molecule has 1 amide bonds. The van der Waals surface area contributed by atoms with Crippen LogP contribution in [0.3, 0.4) is 0 Å². The van der Waals surface area contributed by atoms with Gasteiger partial charge in [-0.05, 0) is 24.3 Å². The van der Waals surface area contributed by atoms with Crippen LogP contribution in [0.2, 0.25) is 15.1 Å². The molecule has 0 radical (unpaired) electrons. The predicted octanol–water partition coefficient (Wildman–Crippen LogP) is 5.11. The van der Waals surface area contributed by atoms with E-state index in [1.807, 2.05) is 0 Å². The van der Waals surface area contributed by atoms with Gasteiger partial charge in [0.25, 0.3) is 5.91 Å². The largest absolute Gasteiger partial charge is 0.452 e. The van der Waals surface area contributed by atoms with Crippen molar-refractivity contribution in [1.29, 1.82) is 0 Å². The van der Waals surface area contributed by atoms with Gasteiger partial charge in [-0.2, -0.15) is 0 Å². The second-order valence-corrected chi connectivity index (χ2v) is 7.32. The van der Waals surface area contributed by atoms with Crippen molar-refractivity contribution in [1.82, 2.24) is 9.88 Å². The highest BCUT2D eigenvalue weighted by molar-refractivity contribution is 6.49. The maximum Gasteiger partial charge on any atom is 0.339 e. The molecule has 28 heavy (non-hydrogen) atoms. The molecule has 0 aliphatic rings. The first kappa shape index (κ1) is 20.4. The maximum absolute atomic E-state index is 12.7. The van der Waals surface area contributed by atoms with Gasteiger partial charge in [-0.1, -0.05) is 53.0 Å². The van der Waals surface area contributed by atoms with Crippen LogP contribution in [0.4, 0.5) is 0 Å². The quantitative estimate of drug-likeness (QED) is 0.420.